The lowest BCUT2D eigenvalue weighted by Crippen LogP contribution is -2.57. The molecule has 25 heavy (non-hydrogen) atoms. The number of nitrogens with zero attached hydrogens (tertiary/aromatic N) is 1. The van der Waals surface area contributed by atoms with Crippen molar-refractivity contribution in [3.8, 4) is 5.75 Å². The molecule has 5 nitrogen and oxygen atoms in total. The van der Waals surface area contributed by atoms with Crippen molar-refractivity contribution in [2.75, 3.05) is 39.3 Å². The highest BCUT2D eigenvalue weighted by molar-refractivity contribution is 5.85. The van der Waals surface area contributed by atoms with Gasteiger partial charge in [-0.15, -0.1) is 12.4 Å². The van der Waals surface area contributed by atoms with E-state index < -0.39 is 24.7 Å². The summed E-state index contributed by atoms with van der Waals surface area (Å²) in [6.07, 6.45) is -4.39. The number of hydrogen-bond donors (Lipinski definition) is 2. The Kier molecular flexibility index (Phi) is 8.47. The highest BCUT2D eigenvalue weighted by Crippen LogP contribution is 2.24. The molecule has 1 saturated heterocycles. The van der Waals surface area contributed by atoms with E-state index in [2.05, 4.69) is 10.6 Å². The first kappa shape index (κ1) is 21.5. The van der Waals surface area contributed by atoms with E-state index in [-0.39, 0.29) is 19.0 Å². The van der Waals surface area contributed by atoms with Crippen LogP contribution in [0.4, 0.5) is 13.2 Å². The molecular formula is C16H23ClF3N3O2. The number of alkyl halides is 3. The van der Waals surface area contributed by atoms with Crippen LogP contribution in [0.3, 0.4) is 0 Å². The van der Waals surface area contributed by atoms with Crippen LogP contribution in [0.2, 0.25) is 0 Å². The molecule has 1 unspecified atom stereocenters. The number of aryl methyl sites for hydroxylation is 1. The monoisotopic (exact) mass is 381 g/mol. The van der Waals surface area contributed by atoms with E-state index >= 15 is 0 Å². The molecule has 2 N–H and O–H groups in total. The molecule has 0 saturated carbocycles. The van der Waals surface area contributed by atoms with Gasteiger partial charge in [-0.2, -0.15) is 13.2 Å². The van der Waals surface area contributed by atoms with Gasteiger partial charge in [-0.05, 0) is 19.1 Å². The summed E-state index contributed by atoms with van der Waals surface area (Å²) in [4.78, 5) is 13.1. The maximum Gasteiger partial charge on any atom is 0.405 e. The van der Waals surface area contributed by atoms with Crippen LogP contribution in [0.1, 0.15) is 5.56 Å². The minimum Gasteiger partial charge on any atom is -0.484 e. The molecule has 142 valence electrons. The SMILES string of the molecule is Cc1ccc(OCC(=O)NCC(N2CCNCC2)C(F)(F)F)cc1.Cl. The lowest BCUT2D eigenvalue weighted by Gasteiger charge is -2.35. The topological polar surface area (TPSA) is 53.6 Å². The second kappa shape index (κ2) is 9.84. The molecule has 1 aliphatic heterocycles. The predicted octanol–water partition coefficient (Wildman–Crippen LogP) is 1.75. The van der Waals surface area contributed by atoms with Crippen LogP contribution < -0.4 is 15.4 Å². The van der Waals surface area contributed by atoms with Crippen LogP contribution in [0.15, 0.2) is 24.3 Å². The van der Waals surface area contributed by atoms with E-state index in [9.17, 15) is 18.0 Å². The number of hydrogen-bond acceptors (Lipinski definition) is 4. The third-order valence-corrected chi connectivity index (χ3v) is 3.85. The van der Waals surface area contributed by atoms with Gasteiger partial charge in [0.2, 0.25) is 0 Å². The van der Waals surface area contributed by atoms with Crippen LogP contribution in [0.25, 0.3) is 0 Å². The summed E-state index contributed by atoms with van der Waals surface area (Å²) in [7, 11) is 0. The second-order valence-corrected chi connectivity index (χ2v) is 5.75. The number of nitrogens with one attached hydrogen (secondary N) is 2. The quantitative estimate of drug-likeness (QED) is 0.788. The van der Waals surface area contributed by atoms with Crippen molar-refractivity contribution >= 4 is 18.3 Å². The molecule has 1 atom stereocenters. The molecule has 1 amide bonds. The van der Waals surface area contributed by atoms with Crippen molar-refractivity contribution in [3.63, 3.8) is 0 Å². The summed E-state index contributed by atoms with van der Waals surface area (Å²) in [5.41, 5.74) is 1.05. The van der Waals surface area contributed by atoms with Gasteiger partial charge in [-0.25, -0.2) is 0 Å². The Morgan fingerprint density at radius 1 is 1.28 bits per heavy atom. The lowest BCUT2D eigenvalue weighted by molar-refractivity contribution is -0.184. The maximum absolute atomic E-state index is 13.2. The van der Waals surface area contributed by atoms with Crippen LogP contribution in [-0.2, 0) is 4.79 Å². The Labute approximate surface area is 151 Å². The number of halogens is 4. The molecule has 1 aromatic rings. The van der Waals surface area contributed by atoms with E-state index in [1.54, 1.807) is 12.1 Å². The zero-order valence-corrected chi connectivity index (χ0v) is 14.8. The molecule has 1 heterocycles. The van der Waals surface area contributed by atoms with E-state index in [0.29, 0.717) is 31.9 Å². The fourth-order valence-electron chi connectivity index (χ4n) is 2.49. The Bertz CT molecular complexity index is 534. The van der Waals surface area contributed by atoms with E-state index in [1.807, 2.05) is 19.1 Å². The number of piperazine rings is 1. The van der Waals surface area contributed by atoms with Gasteiger partial charge in [0.1, 0.15) is 11.8 Å². The van der Waals surface area contributed by atoms with Gasteiger partial charge in [-0.3, -0.25) is 9.69 Å². The standard InChI is InChI=1S/C16H22F3N3O2.ClH/c1-12-2-4-13(5-3-12)24-11-15(23)21-10-14(16(17,18)19)22-8-6-20-7-9-22;/h2-5,14,20H,6-11H2,1H3,(H,21,23);1H. The summed E-state index contributed by atoms with van der Waals surface area (Å²) < 4.78 is 44.9. The Hall–Kier alpha value is -1.51. The lowest BCUT2D eigenvalue weighted by atomic mass is 10.2. The predicted molar refractivity (Wildman–Crippen MR) is 91.2 cm³/mol. The Balaban J connectivity index is 0.00000312. The Morgan fingerprint density at radius 3 is 2.44 bits per heavy atom. The van der Waals surface area contributed by atoms with E-state index in [0.717, 1.165) is 5.56 Å². The molecule has 1 aliphatic rings. The minimum absolute atomic E-state index is 0. The van der Waals surface area contributed by atoms with E-state index in [1.165, 1.54) is 4.90 Å². The van der Waals surface area contributed by atoms with Crippen LogP contribution in [-0.4, -0.2) is 62.4 Å². The summed E-state index contributed by atoms with van der Waals surface area (Å²) >= 11 is 0. The normalized spacial score (nSPS) is 16.6. The number of ether oxygens (including phenoxy) is 1. The molecule has 9 heteroatoms. The van der Waals surface area contributed by atoms with Gasteiger partial charge in [0.25, 0.3) is 5.91 Å². The number of amides is 1. The molecule has 0 spiro atoms. The number of carbonyl (C=O) groups is 1. The molecule has 0 aliphatic carbocycles. The van der Waals surface area contributed by atoms with Crippen molar-refractivity contribution in [1.82, 2.24) is 15.5 Å². The summed E-state index contributed by atoms with van der Waals surface area (Å²) in [6.45, 7) is 2.77. The van der Waals surface area contributed by atoms with Crippen LogP contribution in [0, 0.1) is 6.92 Å². The number of carbonyl (C=O) groups excluding carboxylic acids is 1. The van der Waals surface area contributed by atoms with Crippen molar-refractivity contribution in [1.29, 1.82) is 0 Å². The van der Waals surface area contributed by atoms with Gasteiger partial charge < -0.3 is 15.4 Å². The fraction of sp³-hybridized carbons (Fsp3) is 0.562. The van der Waals surface area contributed by atoms with Crippen molar-refractivity contribution in [2.45, 2.75) is 19.1 Å². The fourth-order valence-corrected chi connectivity index (χ4v) is 2.49. The van der Waals surface area contributed by atoms with Gasteiger partial charge in [-0.1, -0.05) is 17.7 Å². The van der Waals surface area contributed by atoms with E-state index in [4.69, 9.17) is 4.74 Å². The van der Waals surface area contributed by atoms with Gasteiger partial charge in [0.05, 0.1) is 0 Å². The van der Waals surface area contributed by atoms with Crippen LogP contribution in [0.5, 0.6) is 5.75 Å². The Morgan fingerprint density at radius 2 is 1.88 bits per heavy atom. The molecule has 1 aromatic carbocycles. The van der Waals surface area contributed by atoms with Crippen molar-refractivity contribution in [2.24, 2.45) is 0 Å². The largest absolute Gasteiger partial charge is 0.484 e. The average molecular weight is 382 g/mol. The highest BCUT2D eigenvalue weighted by Gasteiger charge is 2.43. The molecule has 0 aromatic heterocycles. The summed E-state index contributed by atoms with van der Waals surface area (Å²) in [5.74, 6) is -0.0646. The molecule has 0 bridgehead atoms. The third-order valence-electron chi connectivity index (χ3n) is 3.85. The summed E-state index contributed by atoms with van der Waals surface area (Å²) in [5, 5.41) is 5.33. The molecule has 2 rings (SSSR count). The first-order valence-electron chi connectivity index (χ1n) is 7.84. The van der Waals surface area contributed by atoms with Crippen molar-refractivity contribution < 1.29 is 22.7 Å². The van der Waals surface area contributed by atoms with Crippen molar-refractivity contribution in [3.05, 3.63) is 29.8 Å². The molecule has 1 fully saturated rings. The number of rotatable bonds is 6. The zero-order chi connectivity index (χ0) is 17.6. The summed E-state index contributed by atoms with van der Waals surface area (Å²) in [6, 6.07) is 5.40. The first-order valence-corrected chi connectivity index (χ1v) is 7.84. The van der Waals surface area contributed by atoms with Gasteiger partial charge in [0.15, 0.2) is 6.61 Å². The second-order valence-electron chi connectivity index (χ2n) is 5.75. The molecular weight excluding hydrogens is 359 g/mol. The smallest absolute Gasteiger partial charge is 0.405 e. The van der Waals surface area contributed by atoms with Gasteiger partial charge in [0, 0.05) is 32.7 Å². The molecule has 0 radical (unpaired) electrons. The third kappa shape index (κ3) is 7.09. The van der Waals surface area contributed by atoms with Crippen LogP contribution >= 0.6 is 12.4 Å². The maximum atomic E-state index is 13.2. The highest BCUT2D eigenvalue weighted by atomic mass is 35.5. The zero-order valence-electron chi connectivity index (χ0n) is 13.9. The first-order chi connectivity index (χ1) is 11.4. The number of benzene rings is 1. The minimum atomic E-state index is -4.39. The van der Waals surface area contributed by atoms with Gasteiger partial charge >= 0.3 is 6.18 Å². The average Bonchev–Trinajstić information content (AvgIpc) is 2.54.